The lowest BCUT2D eigenvalue weighted by molar-refractivity contribution is 0.431. The van der Waals surface area contributed by atoms with Crippen LogP contribution in [-0.4, -0.2) is 0 Å². The summed E-state index contributed by atoms with van der Waals surface area (Å²) in [5.74, 6) is -0.143. The quantitative estimate of drug-likeness (QED) is 0.181. The molecule has 0 saturated carbocycles. The Balaban J connectivity index is 2.65. The van der Waals surface area contributed by atoms with Gasteiger partial charge in [0.1, 0.15) is 17.3 Å². The Hall–Kier alpha value is -2.46. The monoisotopic (exact) mass is 503 g/mol. The highest BCUT2D eigenvalue weighted by Gasteiger charge is 2.44. The molecule has 0 aliphatic carbocycles. The molecule has 0 saturated heterocycles. The molecule has 3 unspecified atom stereocenters. The number of allylic oxidation sites excluding steroid dienone is 8. The second-order valence-electron chi connectivity index (χ2n) is 5.86. The van der Waals surface area contributed by atoms with Gasteiger partial charge in [-0.05, 0) is 50.3 Å². The fraction of sp³-hybridized carbons (Fsp3) is 0.100. The van der Waals surface area contributed by atoms with E-state index in [2.05, 4.69) is 26.7 Å². The van der Waals surface area contributed by atoms with Crippen LogP contribution in [0.15, 0.2) is 117 Å². The minimum Gasteiger partial charge on any atom is -0.419 e. The molecule has 1 aromatic rings. The molecule has 6 nitrogen and oxygen atoms in total. The van der Waals surface area contributed by atoms with Crippen molar-refractivity contribution in [3.63, 3.8) is 0 Å². The highest BCUT2D eigenvalue weighted by Crippen LogP contribution is 2.81. The maximum Gasteiger partial charge on any atom is 0.443 e. The predicted molar refractivity (Wildman–Crippen MR) is 127 cm³/mol. The van der Waals surface area contributed by atoms with Crippen LogP contribution in [0.25, 0.3) is 0 Å². The first-order chi connectivity index (χ1) is 15.2. The third kappa shape index (κ3) is 7.59. The largest absolute Gasteiger partial charge is 0.443 e. The van der Waals surface area contributed by atoms with Crippen LogP contribution in [-0.2, 0) is 9.05 Å². The minimum absolute atomic E-state index is 0.0102. The van der Waals surface area contributed by atoms with Crippen LogP contribution in [0, 0.1) is 0 Å². The summed E-state index contributed by atoms with van der Waals surface area (Å²) in [7, 11) is -14.8. The molecule has 1 heterocycles. The van der Waals surface area contributed by atoms with E-state index in [1.54, 1.807) is 38.1 Å². The molecule has 0 N–H and O–H groups in total. The van der Waals surface area contributed by atoms with Crippen LogP contribution in [0.2, 0.25) is 0 Å². The van der Waals surface area contributed by atoms with Gasteiger partial charge in [0.15, 0.2) is 0 Å². The zero-order valence-electron chi connectivity index (χ0n) is 17.5. The van der Waals surface area contributed by atoms with Gasteiger partial charge in [-0.15, -0.1) is 26.1 Å². The van der Waals surface area contributed by atoms with E-state index in [-0.39, 0.29) is 17.3 Å². The first-order valence-corrected chi connectivity index (χ1v) is 13.7. The lowest BCUT2D eigenvalue weighted by atomic mass is 10.3. The van der Waals surface area contributed by atoms with E-state index in [1.165, 1.54) is 54.7 Å². The average Bonchev–Trinajstić information content (AvgIpc) is 2.70. The van der Waals surface area contributed by atoms with Gasteiger partial charge in [-0.1, -0.05) is 55.7 Å². The molecule has 1 aliphatic heterocycles. The molecule has 0 aromatic heterocycles. The van der Waals surface area contributed by atoms with Crippen molar-refractivity contribution in [3.8, 4) is 5.75 Å². The molecule has 1 aromatic carbocycles. The molecule has 12 heteroatoms. The van der Waals surface area contributed by atoms with Gasteiger partial charge in [0.2, 0.25) is 0 Å². The van der Waals surface area contributed by atoms with Crippen molar-refractivity contribution in [2.75, 3.05) is 0 Å². The van der Waals surface area contributed by atoms with Gasteiger partial charge >= 0.3 is 23.2 Å². The van der Waals surface area contributed by atoms with Gasteiger partial charge in [0.25, 0.3) is 0 Å². The van der Waals surface area contributed by atoms with E-state index in [9.17, 15) is 0 Å². The predicted octanol–water partition coefficient (Wildman–Crippen LogP) is 10.2. The minimum atomic E-state index is -4.94. The third-order valence-corrected chi connectivity index (χ3v) is 9.99. The topological polar surface area (TPSA) is 64.8 Å². The number of halogens is 3. The van der Waals surface area contributed by atoms with Crippen molar-refractivity contribution in [2.24, 2.45) is 13.5 Å². The fourth-order valence-corrected chi connectivity index (χ4v) is 8.95. The van der Waals surface area contributed by atoms with Gasteiger partial charge in [-0.25, -0.2) is 0 Å². The van der Waals surface area contributed by atoms with Crippen LogP contribution < -0.4 is 4.52 Å². The molecule has 0 amide bonds. The Kier molecular flexibility index (Phi) is 9.21. The van der Waals surface area contributed by atoms with Crippen LogP contribution in [0.1, 0.15) is 13.8 Å². The number of hydrogen-bond donors (Lipinski definition) is 0. The zero-order chi connectivity index (χ0) is 23.7. The van der Waals surface area contributed by atoms with E-state index in [4.69, 9.17) is 13.6 Å². The Morgan fingerprint density at radius 3 is 2.00 bits per heavy atom. The number of hydrogen-bond acceptors (Lipinski definition) is 6. The zero-order valence-corrected chi connectivity index (χ0v) is 20.1. The maximum atomic E-state index is 15.7. The van der Waals surface area contributed by atoms with Crippen LogP contribution in [0.5, 0.6) is 5.75 Å². The Bertz CT molecular complexity index is 1140. The summed E-state index contributed by atoms with van der Waals surface area (Å²) in [4.78, 5) is 0. The molecule has 0 spiro atoms. The van der Waals surface area contributed by atoms with Crippen LogP contribution >= 0.6 is 23.2 Å². The lowest BCUT2D eigenvalue weighted by Gasteiger charge is -2.24. The highest BCUT2D eigenvalue weighted by atomic mass is 31.3. The van der Waals surface area contributed by atoms with E-state index >= 15 is 12.6 Å². The van der Waals surface area contributed by atoms with Crippen molar-refractivity contribution in [2.45, 2.75) is 13.8 Å². The molecule has 172 valence electrons. The van der Waals surface area contributed by atoms with Crippen LogP contribution in [0.4, 0.5) is 12.6 Å². The summed E-state index contributed by atoms with van der Waals surface area (Å²) in [6, 6.07) is 7.60. The molecule has 3 atom stereocenters. The first-order valence-electron chi connectivity index (χ1n) is 9.24. The number of benzene rings is 1. The van der Waals surface area contributed by atoms with Crippen molar-refractivity contribution in [1.29, 1.82) is 0 Å². The molecule has 0 fully saturated rings. The maximum absolute atomic E-state index is 15.7. The molecular weight excluding hydrogens is 480 g/mol. The smallest absolute Gasteiger partial charge is 0.419 e. The summed E-state index contributed by atoms with van der Waals surface area (Å²) in [5, 5.41) is 0. The summed E-state index contributed by atoms with van der Waals surface area (Å²) >= 11 is 0. The Labute approximate surface area is 186 Å². The van der Waals surface area contributed by atoms with E-state index in [0.29, 0.717) is 0 Å². The lowest BCUT2D eigenvalue weighted by Crippen LogP contribution is -1.94. The van der Waals surface area contributed by atoms with Gasteiger partial charge in [0, 0.05) is 0 Å². The first kappa shape index (κ1) is 25.8. The van der Waals surface area contributed by atoms with Gasteiger partial charge in [0.05, 0.1) is 0 Å². The molecule has 1 aliphatic rings. The number of rotatable bonds is 10. The van der Waals surface area contributed by atoms with Crippen LogP contribution in [0.3, 0.4) is 0 Å². The van der Waals surface area contributed by atoms with Gasteiger partial charge in [-0.2, -0.15) is 0 Å². The Morgan fingerprint density at radius 2 is 1.44 bits per heavy atom. The highest BCUT2D eigenvalue weighted by molar-refractivity contribution is 7.78. The average molecular weight is 503 g/mol. The molecular formula is C20H23F3N3O3P3. The van der Waals surface area contributed by atoms with Gasteiger partial charge < -0.3 is 13.6 Å². The summed E-state index contributed by atoms with van der Waals surface area (Å²) < 4.78 is 72.9. The van der Waals surface area contributed by atoms with E-state index < -0.39 is 23.2 Å². The normalized spacial score (nSPS) is 28.4. The third-order valence-electron chi connectivity index (χ3n) is 3.36. The fourth-order valence-electron chi connectivity index (χ4n) is 2.19. The second kappa shape index (κ2) is 11.4. The summed E-state index contributed by atoms with van der Waals surface area (Å²) in [5.41, 5.74) is 0. The second-order valence-corrected chi connectivity index (χ2v) is 11.4. The summed E-state index contributed by atoms with van der Waals surface area (Å²) in [6.07, 6.45) is 11.2. The van der Waals surface area contributed by atoms with E-state index in [1.807, 2.05) is 0 Å². The number of nitrogens with zero attached hydrogens (tertiary/aromatic N) is 3. The standard InChI is InChI=1S/C20H23F3N3O3P3/c1-5-9-15-18(8-4)27-30(21)24-31(22,28-19(13-6-2)14-7-3)26-32(23,25-30)29-20-16-11-10-12-17-20/h5-17H,1-2H2,3-4H3/b14-7-,15-9-,18-8+,19-13+. The molecule has 0 radical (unpaired) electrons. The molecule has 2 rings (SSSR count). The Morgan fingerprint density at radius 1 is 0.844 bits per heavy atom. The SMILES string of the molecule is C=C/C=C\C(=C/C)OP1(F)=NP(F)(Oc2ccccc2)=NP(F)(OC(/C=C\C)=C/C=C)=N1. The van der Waals surface area contributed by atoms with Crippen molar-refractivity contribution < 1.29 is 26.2 Å². The van der Waals surface area contributed by atoms with E-state index in [0.717, 1.165) is 0 Å². The van der Waals surface area contributed by atoms with Crippen molar-refractivity contribution in [1.82, 2.24) is 0 Å². The van der Waals surface area contributed by atoms with Gasteiger partial charge in [-0.3, -0.25) is 0 Å². The summed E-state index contributed by atoms with van der Waals surface area (Å²) in [6.45, 7) is 10.2. The van der Waals surface area contributed by atoms with Crippen molar-refractivity contribution in [3.05, 3.63) is 104 Å². The molecule has 32 heavy (non-hydrogen) atoms. The molecule has 0 bridgehead atoms. The number of para-hydroxylation sites is 1. The van der Waals surface area contributed by atoms with Crippen molar-refractivity contribution >= 4 is 23.2 Å².